The zero-order valence-corrected chi connectivity index (χ0v) is 11.7. The molecule has 1 heterocycles. The highest BCUT2D eigenvalue weighted by Crippen LogP contribution is 2.25. The Hall–Kier alpha value is -0.940. The van der Waals surface area contributed by atoms with Gasteiger partial charge in [-0.15, -0.1) is 11.3 Å². The van der Waals surface area contributed by atoms with E-state index in [0.29, 0.717) is 6.54 Å². The molecule has 0 atom stereocenters. The van der Waals surface area contributed by atoms with Gasteiger partial charge in [0.15, 0.2) is 0 Å². The van der Waals surface area contributed by atoms with Crippen LogP contribution in [-0.2, 0) is 6.54 Å². The number of rotatable bonds is 5. The van der Waals surface area contributed by atoms with E-state index >= 15 is 0 Å². The van der Waals surface area contributed by atoms with E-state index in [2.05, 4.69) is 10.4 Å². The number of aliphatic hydroxyl groups excluding tert-OH is 1. The lowest BCUT2D eigenvalue weighted by molar-refractivity contribution is 0.216. The fourth-order valence-electron chi connectivity index (χ4n) is 1.63. The molecule has 0 fully saturated rings. The SMILES string of the molecule is CN(CCO)Cc1csc(-c2ccc(Cl)cc2)n1. The van der Waals surface area contributed by atoms with E-state index in [1.807, 2.05) is 36.2 Å². The lowest BCUT2D eigenvalue weighted by Gasteiger charge is -2.12. The summed E-state index contributed by atoms with van der Waals surface area (Å²) in [5.41, 5.74) is 2.11. The molecule has 0 saturated carbocycles. The zero-order chi connectivity index (χ0) is 13.0. The van der Waals surface area contributed by atoms with Gasteiger partial charge >= 0.3 is 0 Å². The molecule has 5 heteroatoms. The molecule has 0 aliphatic carbocycles. The molecule has 1 N–H and O–H groups in total. The number of hydrogen-bond acceptors (Lipinski definition) is 4. The summed E-state index contributed by atoms with van der Waals surface area (Å²) < 4.78 is 0. The van der Waals surface area contributed by atoms with Crippen LogP contribution in [0.3, 0.4) is 0 Å². The van der Waals surface area contributed by atoms with E-state index in [1.54, 1.807) is 11.3 Å². The van der Waals surface area contributed by atoms with Gasteiger partial charge in [0.05, 0.1) is 12.3 Å². The van der Waals surface area contributed by atoms with Crippen LogP contribution in [-0.4, -0.2) is 35.2 Å². The topological polar surface area (TPSA) is 36.4 Å². The van der Waals surface area contributed by atoms with E-state index < -0.39 is 0 Å². The number of aliphatic hydroxyl groups is 1. The summed E-state index contributed by atoms with van der Waals surface area (Å²) in [7, 11) is 1.97. The van der Waals surface area contributed by atoms with Crippen molar-refractivity contribution in [2.45, 2.75) is 6.54 Å². The van der Waals surface area contributed by atoms with E-state index in [4.69, 9.17) is 16.7 Å². The van der Waals surface area contributed by atoms with Gasteiger partial charge < -0.3 is 5.11 Å². The Morgan fingerprint density at radius 2 is 2.06 bits per heavy atom. The fourth-order valence-corrected chi connectivity index (χ4v) is 2.57. The maximum absolute atomic E-state index is 8.85. The van der Waals surface area contributed by atoms with Gasteiger partial charge in [-0.05, 0) is 19.2 Å². The van der Waals surface area contributed by atoms with Crippen molar-refractivity contribution in [3.8, 4) is 10.6 Å². The second kappa shape index (κ2) is 6.29. The molecular formula is C13H15ClN2OS. The van der Waals surface area contributed by atoms with Gasteiger partial charge in [-0.1, -0.05) is 23.7 Å². The van der Waals surface area contributed by atoms with Crippen molar-refractivity contribution in [2.24, 2.45) is 0 Å². The fraction of sp³-hybridized carbons (Fsp3) is 0.308. The molecule has 3 nitrogen and oxygen atoms in total. The van der Waals surface area contributed by atoms with E-state index in [1.165, 1.54) is 0 Å². The molecule has 1 aromatic heterocycles. The molecule has 2 aromatic rings. The van der Waals surface area contributed by atoms with E-state index in [-0.39, 0.29) is 6.61 Å². The second-order valence-corrected chi connectivity index (χ2v) is 5.41. The summed E-state index contributed by atoms with van der Waals surface area (Å²) in [5, 5.41) is 12.6. The minimum absolute atomic E-state index is 0.171. The standard InChI is InChI=1S/C13H15ClN2OS/c1-16(6-7-17)8-12-9-18-13(15-12)10-2-4-11(14)5-3-10/h2-5,9,17H,6-8H2,1H3. The highest BCUT2D eigenvalue weighted by molar-refractivity contribution is 7.13. The van der Waals surface area contributed by atoms with Gasteiger partial charge in [0, 0.05) is 29.1 Å². The lowest BCUT2D eigenvalue weighted by Crippen LogP contribution is -2.21. The summed E-state index contributed by atoms with van der Waals surface area (Å²) in [5.74, 6) is 0. The molecule has 2 rings (SSSR count). The summed E-state index contributed by atoms with van der Waals surface area (Å²) in [4.78, 5) is 6.63. The molecule has 0 bridgehead atoms. The Balaban J connectivity index is 2.08. The van der Waals surface area contributed by atoms with Crippen LogP contribution in [0.15, 0.2) is 29.6 Å². The van der Waals surface area contributed by atoms with Gasteiger partial charge in [0.2, 0.25) is 0 Å². The normalized spacial score (nSPS) is 11.1. The van der Waals surface area contributed by atoms with Crippen LogP contribution < -0.4 is 0 Å². The maximum atomic E-state index is 8.85. The largest absolute Gasteiger partial charge is 0.395 e. The number of likely N-dealkylation sites (N-methyl/N-ethyl adjacent to an activating group) is 1. The van der Waals surface area contributed by atoms with Crippen molar-refractivity contribution in [3.05, 3.63) is 40.4 Å². The van der Waals surface area contributed by atoms with E-state index in [0.717, 1.165) is 27.8 Å². The molecule has 0 amide bonds. The number of halogens is 1. The quantitative estimate of drug-likeness (QED) is 0.916. The molecule has 18 heavy (non-hydrogen) atoms. The third-order valence-corrected chi connectivity index (χ3v) is 3.75. The highest BCUT2D eigenvalue weighted by Gasteiger charge is 2.06. The Labute approximate surface area is 116 Å². The molecule has 0 unspecified atom stereocenters. The third-order valence-electron chi connectivity index (χ3n) is 2.56. The minimum atomic E-state index is 0.171. The summed E-state index contributed by atoms with van der Waals surface area (Å²) in [6.45, 7) is 1.59. The maximum Gasteiger partial charge on any atom is 0.123 e. The molecule has 0 aliphatic heterocycles. The first-order valence-electron chi connectivity index (χ1n) is 5.69. The molecule has 0 saturated heterocycles. The first kappa shape index (κ1) is 13.5. The van der Waals surface area contributed by atoms with Crippen LogP contribution in [0.1, 0.15) is 5.69 Å². The van der Waals surface area contributed by atoms with Crippen molar-refractivity contribution >= 4 is 22.9 Å². The van der Waals surface area contributed by atoms with Crippen molar-refractivity contribution in [1.29, 1.82) is 0 Å². The Morgan fingerprint density at radius 3 is 2.72 bits per heavy atom. The number of thiazole rings is 1. The Morgan fingerprint density at radius 1 is 1.33 bits per heavy atom. The van der Waals surface area contributed by atoms with Crippen LogP contribution in [0.4, 0.5) is 0 Å². The van der Waals surface area contributed by atoms with Gasteiger partial charge in [-0.3, -0.25) is 4.90 Å². The monoisotopic (exact) mass is 282 g/mol. The van der Waals surface area contributed by atoms with Crippen molar-refractivity contribution in [1.82, 2.24) is 9.88 Å². The van der Waals surface area contributed by atoms with Gasteiger partial charge in [0.25, 0.3) is 0 Å². The number of aromatic nitrogens is 1. The Kier molecular flexibility index (Phi) is 4.72. The molecule has 96 valence electrons. The first-order valence-corrected chi connectivity index (χ1v) is 6.94. The highest BCUT2D eigenvalue weighted by atomic mass is 35.5. The zero-order valence-electron chi connectivity index (χ0n) is 10.1. The van der Waals surface area contributed by atoms with Crippen LogP contribution in [0.2, 0.25) is 5.02 Å². The van der Waals surface area contributed by atoms with Crippen LogP contribution >= 0.6 is 22.9 Å². The smallest absolute Gasteiger partial charge is 0.123 e. The van der Waals surface area contributed by atoms with Crippen molar-refractivity contribution < 1.29 is 5.11 Å². The second-order valence-electron chi connectivity index (χ2n) is 4.11. The van der Waals surface area contributed by atoms with Crippen molar-refractivity contribution in [3.63, 3.8) is 0 Å². The third kappa shape index (κ3) is 3.53. The van der Waals surface area contributed by atoms with Gasteiger partial charge in [0.1, 0.15) is 5.01 Å². The number of hydrogen-bond donors (Lipinski definition) is 1. The Bertz CT molecular complexity index is 498. The molecule has 0 spiro atoms. The van der Waals surface area contributed by atoms with Gasteiger partial charge in [-0.25, -0.2) is 4.98 Å². The number of nitrogens with zero attached hydrogens (tertiary/aromatic N) is 2. The molecular weight excluding hydrogens is 268 g/mol. The minimum Gasteiger partial charge on any atom is -0.395 e. The van der Waals surface area contributed by atoms with Crippen LogP contribution in [0, 0.1) is 0 Å². The summed E-state index contributed by atoms with van der Waals surface area (Å²) >= 11 is 7.49. The lowest BCUT2D eigenvalue weighted by atomic mass is 10.2. The van der Waals surface area contributed by atoms with Crippen LogP contribution in [0.5, 0.6) is 0 Å². The average molecular weight is 283 g/mol. The van der Waals surface area contributed by atoms with Gasteiger partial charge in [-0.2, -0.15) is 0 Å². The van der Waals surface area contributed by atoms with Crippen molar-refractivity contribution in [2.75, 3.05) is 20.2 Å². The first-order chi connectivity index (χ1) is 8.69. The molecule has 1 aromatic carbocycles. The summed E-state index contributed by atoms with van der Waals surface area (Å²) in [6, 6.07) is 7.69. The number of benzene rings is 1. The predicted octanol–water partition coefficient (Wildman–Crippen LogP) is 2.89. The molecule has 0 aliphatic rings. The summed E-state index contributed by atoms with van der Waals surface area (Å²) in [6.07, 6.45) is 0. The van der Waals surface area contributed by atoms with E-state index in [9.17, 15) is 0 Å². The predicted molar refractivity (Wildman–Crippen MR) is 76.0 cm³/mol. The molecule has 0 radical (unpaired) electrons. The van der Waals surface area contributed by atoms with Crippen LogP contribution in [0.25, 0.3) is 10.6 Å². The average Bonchev–Trinajstić information content (AvgIpc) is 2.78.